The van der Waals surface area contributed by atoms with E-state index >= 15 is 0 Å². The van der Waals surface area contributed by atoms with Crippen LogP contribution in [0.4, 0.5) is 11.4 Å². The highest BCUT2D eigenvalue weighted by Gasteiger charge is 2.26. The molecule has 1 aliphatic rings. The van der Waals surface area contributed by atoms with Gasteiger partial charge in [0.1, 0.15) is 17.0 Å². The highest BCUT2D eigenvalue weighted by molar-refractivity contribution is 6.03. The second kappa shape index (κ2) is 8.18. The normalized spacial score (nSPS) is 16.0. The van der Waals surface area contributed by atoms with Crippen LogP contribution >= 0.6 is 0 Å². The quantitative estimate of drug-likeness (QED) is 0.734. The fraction of sp³-hybridized carbons (Fsp3) is 0.579. The predicted octanol–water partition coefficient (Wildman–Crippen LogP) is 4.73. The van der Waals surface area contributed by atoms with E-state index in [0.717, 1.165) is 24.9 Å². The van der Waals surface area contributed by atoms with E-state index in [1.165, 1.54) is 0 Å². The van der Waals surface area contributed by atoms with Gasteiger partial charge in [-0.05, 0) is 46.2 Å². The van der Waals surface area contributed by atoms with Crippen LogP contribution in [0.2, 0.25) is 0 Å². The molecule has 0 saturated carbocycles. The Hall–Kier alpha value is -2.04. The molecule has 0 radical (unpaired) electrons. The molecule has 0 bridgehead atoms. The molecule has 0 amide bonds. The van der Waals surface area contributed by atoms with Crippen LogP contribution in [0.25, 0.3) is 0 Å². The maximum absolute atomic E-state index is 12.6. The third-order valence-corrected chi connectivity index (χ3v) is 3.64. The Kier molecular flexibility index (Phi) is 6.23. The lowest BCUT2D eigenvalue weighted by Gasteiger charge is -2.24. The van der Waals surface area contributed by atoms with Crippen molar-refractivity contribution in [2.24, 2.45) is 4.99 Å². The molecule has 0 aromatic heterocycles. The lowest BCUT2D eigenvalue weighted by atomic mass is 10.0. The average molecular weight is 332 g/mol. The number of esters is 1. The minimum atomic E-state index is -0.400. The van der Waals surface area contributed by atoms with Crippen molar-refractivity contribution in [3.63, 3.8) is 0 Å². The molecule has 0 spiro atoms. The van der Waals surface area contributed by atoms with Gasteiger partial charge in [0, 0.05) is 6.21 Å². The van der Waals surface area contributed by atoms with Gasteiger partial charge in [0.2, 0.25) is 0 Å². The number of carbonyl (C=O) groups excluding carboxylic acids is 1. The molecule has 0 fully saturated rings. The first-order chi connectivity index (χ1) is 11.4. The summed E-state index contributed by atoms with van der Waals surface area (Å²) in [5.41, 5.74) is 1.85. The van der Waals surface area contributed by atoms with Gasteiger partial charge in [-0.25, -0.2) is 4.79 Å². The zero-order chi connectivity index (χ0) is 17.7. The Labute approximate surface area is 144 Å². The summed E-state index contributed by atoms with van der Waals surface area (Å²) in [7, 11) is 0. The number of rotatable bonds is 7. The minimum absolute atomic E-state index is 0.0357. The van der Waals surface area contributed by atoms with Crippen LogP contribution in [0.5, 0.6) is 5.75 Å². The van der Waals surface area contributed by atoms with Gasteiger partial charge in [-0.1, -0.05) is 19.8 Å². The summed E-state index contributed by atoms with van der Waals surface area (Å²) in [6.45, 7) is 9.69. The molecule has 24 heavy (non-hydrogen) atoms. The molecular formula is C19H28N2O3. The summed E-state index contributed by atoms with van der Waals surface area (Å²) in [6, 6.07) is 3.94. The molecule has 2 rings (SSSR count). The van der Waals surface area contributed by atoms with Crippen LogP contribution in [0, 0.1) is 0 Å². The van der Waals surface area contributed by atoms with Gasteiger partial charge < -0.3 is 14.8 Å². The number of hydrogen-bond acceptors (Lipinski definition) is 5. The first kappa shape index (κ1) is 18.3. The topological polar surface area (TPSA) is 59.9 Å². The van der Waals surface area contributed by atoms with Crippen LogP contribution in [0.1, 0.15) is 64.2 Å². The number of unbranched alkanes of at least 4 members (excludes halogenated alkanes) is 1. The molecule has 1 atom stereocenters. The molecule has 1 heterocycles. The Morgan fingerprint density at radius 3 is 2.62 bits per heavy atom. The second-order valence-corrected chi connectivity index (χ2v) is 6.63. The van der Waals surface area contributed by atoms with Gasteiger partial charge in [0.05, 0.1) is 23.9 Å². The first-order valence-corrected chi connectivity index (χ1v) is 8.77. The van der Waals surface area contributed by atoms with Crippen LogP contribution < -0.4 is 10.1 Å². The van der Waals surface area contributed by atoms with Gasteiger partial charge >= 0.3 is 5.97 Å². The summed E-state index contributed by atoms with van der Waals surface area (Å²) in [5.74, 6) is 0.115. The molecule has 5 heteroatoms. The SMILES string of the molecule is CCCCC1C=Nc2c(ccc(OC(C)C)c2C(=O)OC(C)C)N1. The molecular weight excluding hydrogens is 304 g/mol. The number of nitrogens with zero attached hydrogens (tertiary/aromatic N) is 1. The zero-order valence-electron chi connectivity index (χ0n) is 15.3. The van der Waals surface area contributed by atoms with E-state index in [1.807, 2.05) is 46.0 Å². The highest BCUT2D eigenvalue weighted by Crippen LogP contribution is 2.39. The highest BCUT2D eigenvalue weighted by atomic mass is 16.5. The summed E-state index contributed by atoms with van der Waals surface area (Å²) in [4.78, 5) is 17.1. The van der Waals surface area contributed by atoms with Gasteiger partial charge in [-0.15, -0.1) is 0 Å². The molecule has 5 nitrogen and oxygen atoms in total. The average Bonchev–Trinajstić information content (AvgIpc) is 2.51. The maximum Gasteiger partial charge on any atom is 0.344 e. The monoisotopic (exact) mass is 332 g/mol. The molecule has 0 saturated heterocycles. The van der Waals surface area contributed by atoms with Gasteiger partial charge in [0.25, 0.3) is 0 Å². The van der Waals surface area contributed by atoms with Crippen LogP contribution in [-0.4, -0.2) is 30.4 Å². The Bertz CT molecular complexity index is 609. The van der Waals surface area contributed by atoms with Crippen molar-refractivity contribution in [1.29, 1.82) is 0 Å². The third-order valence-electron chi connectivity index (χ3n) is 3.64. The Balaban J connectivity index is 2.37. The molecule has 1 unspecified atom stereocenters. The van der Waals surface area contributed by atoms with Crippen molar-refractivity contribution in [2.75, 3.05) is 5.32 Å². The van der Waals surface area contributed by atoms with Crippen LogP contribution in [0.3, 0.4) is 0 Å². The van der Waals surface area contributed by atoms with E-state index in [0.29, 0.717) is 17.0 Å². The van der Waals surface area contributed by atoms with E-state index in [-0.39, 0.29) is 18.2 Å². The number of carbonyl (C=O) groups is 1. The Morgan fingerprint density at radius 1 is 1.25 bits per heavy atom. The molecule has 0 aliphatic carbocycles. The van der Waals surface area contributed by atoms with Gasteiger partial charge in [0.15, 0.2) is 0 Å². The maximum atomic E-state index is 12.6. The van der Waals surface area contributed by atoms with Crippen LogP contribution in [-0.2, 0) is 4.74 Å². The number of nitrogens with one attached hydrogen (secondary N) is 1. The van der Waals surface area contributed by atoms with E-state index in [2.05, 4.69) is 17.2 Å². The lowest BCUT2D eigenvalue weighted by molar-refractivity contribution is 0.0373. The van der Waals surface area contributed by atoms with Crippen molar-refractivity contribution < 1.29 is 14.3 Å². The largest absolute Gasteiger partial charge is 0.490 e. The zero-order valence-corrected chi connectivity index (χ0v) is 15.3. The fourth-order valence-corrected chi connectivity index (χ4v) is 2.62. The van der Waals surface area contributed by atoms with Gasteiger partial charge in [-0.3, -0.25) is 4.99 Å². The predicted molar refractivity (Wildman–Crippen MR) is 97.8 cm³/mol. The van der Waals surface area contributed by atoms with Crippen LogP contribution in [0.15, 0.2) is 17.1 Å². The smallest absolute Gasteiger partial charge is 0.344 e. The van der Waals surface area contributed by atoms with Crippen molar-refractivity contribution in [3.05, 3.63) is 17.7 Å². The first-order valence-electron chi connectivity index (χ1n) is 8.77. The molecule has 1 aromatic rings. The summed E-state index contributed by atoms with van der Waals surface area (Å²) in [6.07, 6.45) is 4.95. The molecule has 1 aromatic carbocycles. The number of fused-ring (bicyclic) bond motifs is 1. The lowest BCUT2D eigenvalue weighted by Crippen LogP contribution is -2.25. The Morgan fingerprint density at radius 2 is 2.00 bits per heavy atom. The number of hydrogen-bond donors (Lipinski definition) is 1. The number of benzene rings is 1. The summed E-state index contributed by atoms with van der Waals surface area (Å²) in [5, 5.41) is 3.45. The van der Waals surface area contributed by atoms with E-state index in [1.54, 1.807) is 0 Å². The number of ether oxygens (including phenoxy) is 2. The van der Waals surface area contributed by atoms with Crippen molar-refractivity contribution in [2.45, 2.75) is 72.1 Å². The van der Waals surface area contributed by atoms with E-state index in [4.69, 9.17) is 9.47 Å². The second-order valence-electron chi connectivity index (χ2n) is 6.63. The molecule has 132 valence electrons. The standard InChI is InChI=1S/C19H28N2O3/c1-6-7-8-14-11-20-18-15(21-14)9-10-16(23-12(2)3)17(18)19(22)24-13(4)5/h9-14,21H,6-8H2,1-5H3. The number of aliphatic imine (C=N–C) groups is 1. The van der Waals surface area contributed by atoms with Crippen molar-refractivity contribution in [3.8, 4) is 5.75 Å². The molecule has 1 N–H and O–H groups in total. The summed E-state index contributed by atoms with van der Waals surface area (Å²) >= 11 is 0. The molecule has 1 aliphatic heterocycles. The number of anilines is 1. The fourth-order valence-electron chi connectivity index (χ4n) is 2.62. The third kappa shape index (κ3) is 4.49. The van der Waals surface area contributed by atoms with Crippen molar-refractivity contribution >= 4 is 23.6 Å². The summed E-state index contributed by atoms with van der Waals surface area (Å²) < 4.78 is 11.2. The van der Waals surface area contributed by atoms with Gasteiger partial charge in [-0.2, -0.15) is 0 Å². The van der Waals surface area contributed by atoms with Crippen molar-refractivity contribution in [1.82, 2.24) is 0 Å². The van der Waals surface area contributed by atoms with E-state index in [9.17, 15) is 4.79 Å². The van der Waals surface area contributed by atoms with E-state index < -0.39 is 5.97 Å². The minimum Gasteiger partial charge on any atom is -0.490 e.